The highest BCUT2D eigenvalue weighted by Gasteiger charge is 2.02. The molecule has 0 aromatic heterocycles. The normalized spacial score (nSPS) is 10.2. The molecule has 0 spiro atoms. The first-order valence-corrected chi connectivity index (χ1v) is 6.31. The SMILES string of the molecule is CONc1ccc(Oc2cccc(Br)c2)cc1C. The summed E-state index contributed by atoms with van der Waals surface area (Å²) in [6.45, 7) is 2.00. The van der Waals surface area contributed by atoms with Crippen LogP contribution in [0, 0.1) is 6.92 Å². The third kappa shape index (κ3) is 3.24. The first kappa shape index (κ1) is 12.9. The van der Waals surface area contributed by atoms with Gasteiger partial charge < -0.3 is 4.74 Å². The van der Waals surface area contributed by atoms with Crippen molar-refractivity contribution in [2.75, 3.05) is 12.6 Å². The fraction of sp³-hybridized carbons (Fsp3) is 0.143. The number of hydrogen-bond acceptors (Lipinski definition) is 3. The molecule has 0 saturated carbocycles. The first-order chi connectivity index (χ1) is 8.69. The van der Waals surface area contributed by atoms with E-state index in [-0.39, 0.29) is 0 Å². The Hall–Kier alpha value is -1.52. The van der Waals surface area contributed by atoms with Crippen molar-refractivity contribution in [3.63, 3.8) is 0 Å². The summed E-state index contributed by atoms with van der Waals surface area (Å²) < 4.78 is 6.77. The highest BCUT2D eigenvalue weighted by atomic mass is 79.9. The van der Waals surface area contributed by atoms with E-state index in [1.807, 2.05) is 49.4 Å². The van der Waals surface area contributed by atoms with Gasteiger partial charge in [-0.05, 0) is 48.9 Å². The number of anilines is 1. The molecule has 0 unspecified atom stereocenters. The number of halogens is 1. The lowest BCUT2D eigenvalue weighted by molar-refractivity contribution is 0.270. The number of benzene rings is 2. The Morgan fingerprint density at radius 1 is 1.06 bits per heavy atom. The largest absolute Gasteiger partial charge is 0.457 e. The molecule has 0 aliphatic carbocycles. The zero-order chi connectivity index (χ0) is 13.0. The first-order valence-electron chi connectivity index (χ1n) is 5.52. The maximum Gasteiger partial charge on any atom is 0.128 e. The minimum Gasteiger partial charge on any atom is -0.457 e. The average Bonchev–Trinajstić information content (AvgIpc) is 2.33. The second kappa shape index (κ2) is 5.89. The van der Waals surface area contributed by atoms with Crippen molar-refractivity contribution >= 4 is 21.6 Å². The molecule has 0 radical (unpaired) electrons. The third-order valence-corrected chi connectivity index (χ3v) is 2.93. The van der Waals surface area contributed by atoms with Crippen LogP contribution in [-0.2, 0) is 4.84 Å². The van der Waals surface area contributed by atoms with Gasteiger partial charge in [0.25, 0.3) is 0 Å². The van der Waals surface area contributed by atoms with Crippen molar-refractivity contribution in [2.24, 2.45) is 0 Å². The summed E-state index contributed by atoms with van der Waals surface area (Å²) >= 11 is 3.42. The predicted molar refractivity (Wildman–Crippen MR) is 76.0 cm³/mol. The van der Waals surface area contributed by atoms with E-state index in [4.69, 9.17) is 9.57 Å². The van der Waals surface area contributed by atoms with E-state index in [2.05, 4.69) is 21.4 Å². The Morgan fingerprint density at radius 3 is 2.50 bits per heavy atom. The van der Waals surface area contributed by atoms with E-state index < -0.39 is 0 Å². The third-order valence-electron chi connectivity index (χ3n) is 2.44. The van der Waals surface area contributed by atoms with Crippen LogP contribution in [0.3, 0.4) is 0 Å². The molecule has 0 amide bonds. The van der Waals surface area contributed by atoms with Gasteiger partial charge in [0.2, 0.25) is 0 Å². The number of ether oxygens (including phenoxy) is 1. The Morgan fingerprint density at radius 2 is 1.83 bits per heavy atom. The monoisotopic (exact) mass is 307 g/mol. The fourth-order valence-electron chi connectivity index (χ4n) is 1.59. The minimum atomic E-state index is 0.798. The molecule has 2 aromatic carbocycles. The molecule has 2 rings (SSSR count). The lowest BCUT2D eigenvalue weighted by atomic mass is 10.2. The molecule has 2 aromatic rings. The van der Waals surface area contributed by atoms with Crippen LogP contribution in [0.25, 0.3) is 0 Å². The van der Waals surface area contributed by atoms with Gasteiger partial charge in [-0.15, -0.1) is 0 Å². The predicted octanol–water partition coefficient (Wildman–Crippen LogP) is 4.52. The van der Waals surface area contributed by atoms with Gasteiger partial charge in [0.05, 0.1) is 12.8 Å². The van der Waals surface area contributed by atoms with E-state index in [1.54, 1.807) is 7.11 Å². The minimum absolute atomic E-state index is 0.798. The van der Waals surface area contributed by atoms with Crippen molar-refractivity contribution in [2.45, 2.75) is 6.92 Å². The summed E-state index contributed by atoms with van der Waals surface area (Å²) in [5.74, 6) is 1.60. The Labute approximate surface area is 115 Å². The number of nitrogens with one attached hydrogen (secondary N) is 1. The summed E-state index contributed by atoms with van der Waals surface area (Å²) in [7, 11) is 1.59. The van der Waals surface area contributed by atoms with Crippen LogP contribution in [0.2, 0.25) is 0 Å². The molecule has 4 heteroatoms. The molecule has 0 saturated heterocycles. The maximum absolute atomic E-state index is 5.77. The summed E-state index contributed by atoms with van der Waals surface area (Å²) in [4.78, 5) is 4.89. The molecule has 0 aliphatic rings. The van der Waals surface area contributed by atoms with E-state index in [1.165, 1.54) is 0 Å². The number of hydrogen-bond donors (Lipinski definition) is 1. The van der Waals surface area contributed by atoms with Crippen LogP contribution >= 0.6 is 15.9 Å². The van der Waals surface area contributed by atoms with Crippen LogP contribution in [0.4, 0.5) is 5.69 Å². The second-order valence-corrected chi connectivity index (χ2v) is 4.76. The maximum atomic E-state index is 5.77. The zero-order valence-electron chi connectivity index (χ0n) is 10.2. The standard InChI is InChI=1S/C14H14BrNO2/c1-10-8-13(6-7-14(10)16-17-2)18-12-5-3-4-11(15)9-12/h3-9,16H,1-2H3. The molecular weight excluding hydrogens is 294 g/mol. The molecule has 0 fully saturated rings. The highest BCUT2D eigenvalue weighted by Crippen LogP contribution is 2.27. The average molecular weight is 308 g/mol. The molecule has 1 N–H and O–H groups in total. The van der Waals surface area contributed by atoms with Crippen LogP contribution < -0.4 is 10.2 Å². The molecule has 0 bridgehead atoms. The summed E-state index contributed by atoms with van der Waals surface area (Å²) in [6, 6.07) is 13.5. The topological polar surface area (TPSA) is 30.5 Å². The smallest absolute Gasteiger partial charge is 0.128 e. The van der Waals surface area contributed by atoms with Gasteiger partial charge in [0.1, 0.15) is 11.5 Å². The van der Waals surface area contributed by atoms with Crippen molar-refractivity contribution in [3.05, 3.63) is 52.5 Å². The van der Waals surface area contributed by atoms with E-state index in [0.29, 0.717) is 0 Å². The molecule has 0 atom stereocenters. The Balaban J connectivity index is 2.17. The molecule has 0 aliphatic heterocycles. The quantitative estimate of drug-likeness (QED) is 0.842. The van der Waals surface area contributed by atoms with Gasteiger partial charge in [0, 0.05) is 4.47 Å². The van der Waals surface area contributed by atoms with Crippen molar-refractivity contribution in [1.29, 1.82) is 0 Å². The van der Waals surface area contributed by atoms with E-state index in [9.17, 15) is 0 Å². The van der Waals surface area contributed by atoms with Crippen LogP contribution in [0.1, 0.15) is 5.56 Å². The fourth-order valence-corrected chi connectivity index (χ4v) is 1.97. The van der Waals surface area contributed by atoms with Crippen LogP contribution in [0.15, 0.2) is 46.9 Å². The molecular formula is C14H14BrNO2. The molecule has 18 heavy (non-hydrogen) atoms. The zero-order valence-corrected chi connectivity index (χ0v) is 11.8. The van der Waals surface area contributed by atoms with Crippen molar-refractivity contribution in [3.8, 4) is 11.5 Å². The van der Waals surface area contributed by atoms with Gasteiger partial charge in [-0.25, -0.2) is 0 Å². The van der Waals surface area contributed by atoms with E-state index in [0.717, 1.165) is 27.2 Å². The molecule has 3 nitrogen and oxygen atoms in total. The van der Waals surface area contributed by atoms with E-state index >= 15 is 0 Å². The summed E-state index contributed by atoms with van der Waals surface area (Å²) in [5.41, 5.74) is 4.80. The van der Waals surface area contributed by atoms with Crippen LogP contribution in [-0.4, -0.2) is 7.11 Å². The second-order valence-electron chi connectivity index (χ2n) is 3.84. The number of aryl methyl sites for hydroxylation is 1. The number of rotatable bonds is 4. The lowest BCUT2D eigenvalue weighted by Gasteiger charge is -2.10. The summed E-state index contributed by atoms with van der Waals surface area (Å²) in [6.07, 6.45) is 0. The van der Waals surface area contributed by atoms with Gasteiger partial charge in [-0.1, -0.05) is 22.0 Å². The molecule has 94 valence electrons. The van der Waals surface area contributed by atoms with Gasteiger partial charge in [0.15, 0.2) is 0 Å². The Kier molecular flexibility index (Phi) is 4.23. The Bertz CT molecular complexity index is 543. The van der Waals surface area contributed by atoms with Gasteiger partial charge in [-0.2, -0.15) is 0 Å². The van der Waals surface area contributed by atoms with Crippen molar-refractivity contribution < 1.29 is 9.57 Å². The van der Waals surface area contributed by atoms with Gasteiger partial charge in [-0.3, -0.25) is 10.3 Å². The summed E-state index contributed by atoms with van der Waals surface area (Å²) in [5, 5.41) is 0. The highest BCUT2D eigenvalue weighted by molar-refractivity contribution is 9.10. The van der Waals surface area contributed by atoms with Crippen LogP contribution in [0.5, 0.6) is 11.5 Å². The van der Waals surface area contributed by atoms with Crippen molar-refractivity contribution in [1.82, 2.24) is 0 Å². The molecule has 0 heterocycles. The van der Waals surface area contributed by atoms with Gasteiger partial charge >= 0.3 is 0 Å². The lowest BCUT2D eigenvalue weighted by Crippen LogP contribution is -1.97.